The molecule has 0 unspecified atom stereocenters. The second-order valence-corrected chi connectivity index (χ2v) is 7.51. The third-order valence-corrected chi connectivity index (χ3v) is 5.27. The molecule has 9 heteroatoms. The maximum absolute atomic E-state index is 12.9. The number of rotatable bonds is 5. The van der Waals surface area contributed by atoms with Crippen LogP contribution in [-0.4, -0.2) is 33.7 Å². The molecule has 0 saturated carbocycles. The molecular formula is C24H23N5O4. The number of aromatic nitrogens is 3. The highest BCUT2D eigenvalue weighted by Crippen LogP contribution is 2.21. The molecule has 0 aliphatic rings. The van der Waals surface area contributed by atoms with Crippen molar-refractivity contribution < 1.29 is 14.3 Å². The maximum Gasteiger partial charge on any atom is 0.290 e. The van der Waals surface area contributed by atoms with Crippen molar-refractivity contribution in [1.82, 2.24) is 25.6 Å². The second kappa shape index (κ2) is 9.07. The van der Waals surface area contributed by atoms with E-state index in [9.17, 15) is 14.4 Å². The number of fused-ring (bicyclic) bond motifs is 2. The van der Waals surface area contributed by atoms with Gasteiger partial charge in [0.15, 0.2) is 5.69 Å². The molecule has 0 atom stereocenters. The van der Waals surface area contributed by atoms with Gasteiger partial charge >= 0.3 is 0 Å². The number of nitrogens with zero attached hydrogens (tertiary/aromatic N) is 3. The number of amides is 2. The topological polar surface area (TPSA) is 115 Å². The van der Waals surface area contributed by atoms with Gasteiger partial charge in [-0.3, -0.25) is 30.2 Å². The summed E-state index contributed by atoms with van der Waals surface area (Å²) < 4.78 is 6.48. The lowest BCUT2D eigenvalue weighted by Crippen LogP contribution is -2.43. The Morgan fingerprint density at radius 2 is 1.76 bits per heavy atom. The molecule has 4 aromatic rings. The molecule has 2 N–H and O–H groups in total. The Bertz CT molecular complexity index is 1440. The number of pyridine rings is 1. The van der Waals surface area contributed by atoms with Crippen molar-refractivity contribution in [3.8, 4) is 5.75 Å². The largest absolute Gasteiger partial charge is 0.497 e. The fraction of sp³-hybridized carbons (Fsp3) is 0.208. The maximum atomic E-state index is 12.9. The molecular weight excluding hydrogens is 422 g/mol. The van der Waals surface area contributed by atoms with Crippen LogP contribution in [0.4, 0.5) is 0 Å². The Morgan fingerprint density at radius 3 is 2.48 bits per heavy atom. The van der Waals surface area contributed by atoms with Crippen LogP contribution in [0.1, 0.15) is 39.9 Å². The number of hydrogen-bond acceptors (Lipinski definition) is 6. The number of aryl methyl sites for hydroxylation is 2. The van der Waals surface area contributed by atoms with Gasteiger partial charge in [0.2, 0.25) is 0 Å². The minimum absolute atomic E-state index is 0.0550. The van der Waals surface area contributed by atoms with Crippen LogP contribution in [0.2, 0.25) is 0 Å². The predicted molar refractivity (Wildman–Crippen MR) is 124 cm³/mol. The molecule has 0 aliphatic heterocycles. The Balaban J connectivity index is 1.60. The summed E-state index contributed by atoms with van der Waals surface area (Å²) >= 11 is 0. The molecule has 9 nitrogen and oxygen atoms in total. The van der Waals surface area contributed by atoms with Crippen molar-refractivity contribution in [1.29, 1.82) is 0 Å². The zero-order valence-electron chi connectivity index (χ0n) is 18.5. The lowest BCUT2D eigenvalue weighted by molar-refractivity contribution is 0.0843. The van der Waals surface area contributed by atoms with E-state index in [0.717, 1.165) is 5.39 Å². The van der Waals surface area contributed by atoms with E-state index < -0.39 is 11.8 Å². The molecule has 0 saturated heterocycles. The van der Waals surface area contributed by atoms with Crippen molar-refractivity contribution in [3.63, 3.8) is 0 Å². The summed E-state index contributed by atoms with van der Waals surface area (Å²) in [5.74, 6) is -0.471. The summed E-state index contributed by atoms with van der Waals surface area (Å²) in [6.45, 7) is 4.01. The third-order valence-electron chi connectivity index (χ3n) is 5.27. The minimum atomic E-state index is -0.624. The summed E-state index contributed by atoms with van der Waals surface area (Å²) in [6, 6.07) is 13.8. The lowest BCUT2D eigenvalue weighted by atomic mass is 10.1. The van der Waals surface area contributed by atoms with Crippen LogP contribution in [0, 0.1) is 6.92 Å². The van der Waals surface area contributed by atoms with Gasteiger partial charge in [-0.1, -0.05) is 25.1 Å². The molecule has 2 heterocycles. The average molecular weight is 445 g/mol. The molecule has 2 aromatic heterocycles. The van der Waals surface area contributed by atoms with Crippen LogP contribution in [-0.2, 0) is 6.54 Å². The molecule has 0 spiro atoms. The number of hydrogen-bond donors (Lipinski definition) is 2. The van der Waals surface area contributed by atoms with E-state index >= 15 is 0 Å². The third kappa shape index (κ3) is 4.25. The molecule has 2 amide bonds. The van der Waals surface area contributed by atoms with Gasteiger partial charge in [-0.15, -0.1) is 0 Å². The highest BCUT2D eigenvalue weighted by atomic mass is 16.5. The van der Waals surface area contributed by atoms with Crippen molar-refractivity contribution in [2.75, 3.05) is 7.11 Å². The number of ether oxygens (including phenoxy) is 1. The average Bonchev–Trinajstić information content (AvgIpc) is 2.83. The summed E-state index contributed by atoms with van der Waals surface area (Å²) in [5, 5.41) is 5.80. The molecule has 33 heavy (non-hydrogen) atoms. The second-order valence-electron chi connectivity index (χ2n) is 7.51. The van der Waals surface area contributed by atoms with Gasteiger partial charge in [-0.05, 0) is 37.6 Å². The quantitative estimate of drug-likeness (QED) is 0.457. The van der Waals surface area contributed by atoms with Crippen molar-refractivity contribution >= 4 is 33.5 Å². The van der Waals surface area contributed by atoms with Crippen molar-refractivity contribution in [3.05, 3.63) is 75.8 Å². The van der Waals surface area contributed by atoms with E-state index in [4.69, 9.17) is 4.74 Å². The molecule has 0 fully saturated rings. The van der Waals surface area contributed by atoms with E-state index in [1.807, 2.05) is 13.0 Å². The van der Waals surface area contributed by atoms with Crippen LogP contribution in [0.3, 0.4) is 0 Å². The molecule has 0 radical (unpaired) electrons. The van der Waals surface area contributed by atoms with E-state index in [0.29, 0.717) is 46.3 Å². The van der Waals surface area contributed by atoms with Gasteiger partial charge < -0.3 is 4.74 Å². The van der Waals surface area contributed by atoms with E-state index in [2.05, 4.69) is 20.9 Å². The standard InChI is InChI=1S/C24H23N5O4/c1-4-11-29-24(32)18-8-6-5-7-17(18)21(28-29)23(31)27-26-22(30)19-12-15-9-10-16(33-3)13-20(15)25-14(19)2/h5-10,12-13H,4,11H2,1-3H3,(H,26,30)(H,27,31). The van der Waals surface area contributed by atoms with E-state index in [1.54, 1.807) is 56.5 Å². The number of methoxy groups -OCH3 is 1. The molecule has 168 valence electrons. The van der Waals surface area contributed by atoms with Crippen LogP contribution in [0.25, 0.3) is 21.7 Å². The van der Waals surface area contributed by atoms with Gasteiger partial charge in [0.1, 0.15) is 5.75 Å². The SMILES string of the molecule is CCCn1nc(C(=O)NNC(=O)c2cc3ccc(OC)cc3nc2C)c2ccccc2c1=O. The van der Waals surface area contributed by atoms with Crippen LogP contribution in [0.15, 0.2) is 53.3 Å². The Labute approximate surface area is 189 Å². The van der Waals surface area contributed by atoms with Crippen molar-refractivity contribution in [2.24, 2.45) is 0 Å². The number of benzene rings is 2. The molecule has 4 rings (SSSR count). The summed E-state index contributed by atoms with van der Waals surface area (Å²) in [7, 11) is 1.57. The Kier molecular flexibility index (Phi) is 6.03. The van der Waals surface area contributed by atoms with Crippen molar-refractivity contribution in [2.45, 2.75) is 26.8 Å². The van der Waals surface area contributed by atoms with Gasteiger partial charge in [0, 0.05) is 23.4 Å². The summed E-state index contributed by atoms with van der Waals surface area (Å²) in [6.07, 6.45) is 0.684. The van der Waals surface area contributed by atoms with Crippen LogP contribution in [0.5, 0.6) is 5.75 Å². The van der Waals surface area contributed by atoms with Crippen LogP contribution < -0.4 is 21.1 Å². The first kappa shape index (κ1) is 21.9. The highest BCUT2D eigenvalue weighted by Gasteiger charge is 2.18. The molecule has 0 bridgehead atoms. The molecule has 2 aromatic carbocycles. The smallest absolute Gasteiger partial charge is 0.290 e. The lowest BCUT2D eigenvalue weighted by Gasteiger charge is -2.12. The first-order valence-electron chi connectivity index (χ1n) is 10.5. The number of hydrazine groups is 1. The number of carbonyl (C=O) groups is 2. The predicted octanol–water partition coefficient (Wildman–Crippen LogP) is 2.75. The van der Waals surface area contributed by atoms with E-state index in [-0.39, 0.29) is 11.3 Å². The highest BCUT2D eigenvalue weighted by molar-refractivity contribution is 6.06. The fourth-order valence-corrected chi connectivity index (χ4v) is 3.61. The molecule has 0 aliphatic carbocycles. The summed E-state index contributed by atoms with van der Waals surface area (Å²) in [5.41, 5.74) is 6.15. The van der Waals surface area contributed by atoms with Gasteiger partial charge in [-0.2, -0.15) is 5.10 Å². The monoisotopic (exact) mass is 445 g/mol. The first-order chi connectivity index (χ1) is 15.9. The van der Waals surface area contributed by atoms with Gasteiger partial charge in [-0.25, -0.2) is 4.68 Å². The van der Waals surface area contributed by atoms with E-state index in [1.165, 1.54) is 4.68 Å². The number of carbonyl (C=O) groups excluding carboxylic acids is 2. The fourth-order valence-electron chi connectivity index (χ4n) is 3.61. The van der Waals surface area contributed by atoms with Gasteiger partial charge in [0.25, 0.3) is 17.4 Å². The Morgan fingerprint density at radius 1 is 1.03 bits per heavy atom. The Hall–Kier alpha value is -4.27. The minimum Gasteiger partial charge on any atom is -0.497 e. The zero-order valence-corrected chi connectivity index (χ0v) is 18.5. The number of nitrogens with one attached hydrogen (secondary N) is 2. The first-order valence-corrected chi connectivity index (χ1v) is 10.5. The van der Waals surface area contributed by atoms with Crippen LogP contribution >= 0.6 is 0 Å². The summed E-state index contributed by atoms with van der Waals surface area (Å²) in [4.78, 5) is 42.8. The normalized spacial score (nSPS) is 10.9. The zero-order chi connectivity index (χ0) is 23.5. The van der Waals surface area contributed by atoms with Gasteiger partial charge in [0.05, 0.1) is 29.3 Å².